The van der Waals surface area contributed by atoms with Gasteiger partial charge in [0.25, 0.3) is 0 Å². The van der Waals surface area contributed by atoms with Gasteiger partial charge in [-0.05, 0) is 29.8 Å². The molecule has 0 spiro atoms. The fraction of sp³-hybridized carbons (Fsp3) is 0.235. The minimum absolute atomic E-state index is 0.332. The van der Waals surface area contributed by atoms with E-state index < -0.39 is 0 Å². The number of hydrogen-bond acceptors (Lipinski definition) is 3. The monoisotopic (exact) mass is 368 g/mol. The van der Waals surface area contributed by atoms with Crippen LogP contribution in [0.15, 0.2) is 42.5 Å². The van der Waals surface area contributed by atoms with Crippen molar-refractivity contribution in [2.75, 3.05) is 25.6 Å². The number of hydrogen-bond donors (Lipinski definition) is 2. The Morgan fingerprint density at radius 2 is 1.92 bits per heavy atom. The number of amides is 2. The molecule has 0 heterocycles. The smallest absolute Gasteiger partial charge is 0.319 e. The van der Waals surface area contributed by atoms with Crippen molar-refractivity contribution in [3.63, 3.8) is 0 Å². The molecule has 0 bridgehead atoms. The molecular formula is C17H18Cl2N2O3. The van der Waals surface area contributed by atoms with E-state index in [1.165, 1.54) is 0 Å². The predicted octanol–water partition coefficient (Wildman–Crippen LogP) is 4.34. The lowest BCUT2D eigenvalue weighted by Gasteiger charge is -2.14. The Morgan fingerprint density at radius 3 is 2.67 bits per heavy atom. The summed E-state index contributed by atoms with van der Waals surface area (Å²) in [5.41, 5.74) is 1.39. The summed E-state index contributed by atoms with van der Waals surface area (Å²) in [4.78, 5) is 12.1. The van der Waals surface area contributed by atoms with E-state index in [2.05, 4.69) is 10.6 Å². The molecule has 2 aromatic carbocycles. The second-order valence-corrected chi connectivity index (χ2v) is 5.74. The lowest BCUT2D eigenvalue weighted by molar-refractivity contribution is 0.146. The zero-order valence-corrected chi connectivity index (χ0v) is 14.7. The summed E-state index contributed by atoms with van der Waals surface area (Å²) < 4.78 is 10.5. The van der Waals surface area contributed by atoms with Gasteiger partial charge >= 0.3 is 6.03 Å². The lowest BCUT2D eigenvalue weighted by atomic mass is 10.2. The summed E-state index contributed by atoms with van der Waals surface area (Å²) in [5.74, 6) is 0.411. The van der Waals surface area contributed by atoms with Crippen LogP contribution in [-0.4, -0.2) is 26.4 Å². The highest BCUT2D eigenvalue weighted by molar-refractivity contribution is 6.32. The first-order valence-electron chi connectivity index (χ1n) is 7.29. The van der Waals surface area contributed by atoms with Crippen LogP contribution in [0.1, 0.15) is 5.56 Å². The van der Waals surface area contributed by atoms with E-state index in [-0.39, 0.29) is 6.03 Å². The first kappa shape index (κ1) is 18.4. The molecule has 0 atom stereocenters. The van der Waals surface area contributed by atoms with Crippen molar-refractivity contribution in [1.29, 1.82) is 0 Å². The number of carbonyl (C=O) groups excluding carboxylic acids is 1. The number of methoxy groups -OCH3 is 1. The molecule has 0 unspecified atom stereocenters. The molecule has 0 saturated heterocycles. The van der Waals surface area contributed by atoms with Gasteiger partial charge in [0.05, 0.1) is 17.3 Å². The van der Waals surface area contributed by atoms with E-state index in [4.69, 9.17) is 32.7 Å². The Hall–Kier alpha value is -1.95. The van der Waals surface area contributed by atoms with Gasteiger partial charge in [-0.1, -0.05) is 41.4 Å². The van der Waals surface area contributed by atoms with Crippen molar-refractivity contribution >= 4 is 34.9 Å². The lowest BCUT2D eigenvalue weighted by Crippen LogP contribution is -2.28. The SMILES string of the molecule is COCCOc1c(Cl)cccc1NC(=O)NCc1cccc(Cl)c1. The van der Waals surface area contributed by atoms with Crippen molar-refractivity contribution in [2.24, 2.45) is 0 Å². The van der Waals surface area contributed by atoms with Crippen LogP contribution in [0.25, 0.3) is 0 Å². The number of ether oxygens (including phenoxy) is 2. The summed E-state index contributed by atoms with van der Waals surface area (Å²) in [5, 5.41) is 6.53. The number of halogens is 2. The number of para-hydroxylation sites is 1. The molecule has 0 aliphatic rings. The number of rotatable bonds is 7. The second-order valence-electron chi connectivity index (χ2n) is 4.90. The Kier molecular flexibility index (Phi) is 7.18. The third-order valence-electron chi connectivity index (χ3n) is 3.09. The molecule has 2 aromatic rings. The molecule has 0 radical (unpaired) electrons. The van der Waals surface area contributed by atoms with Crippen molar-refractivity contribution < 1.29 is 14.3 Å². The van der Waals surface area contributed by atoms with E-state index in [0.29, 0.717) is 41.2 Å². The average molecular weight is 369 g/mol. The standard InChI is InChI=1S/C17H18Cl2N2O3/c1-23-8-9-24-16-14(19)6-3-7-15(16)21-17(22)20-11-12-4-2-5-13(18)10-12/h2-7,10H,8-9,11H2,1H3,(H2,20,21,22). The fourth-order valence-electron chi connectivity index (χ4n) is 1.98. The van der Waals surface area contributed by atoms with Crippen LogP contribution in [0.4, 0.5) is 10.5 Å². The molecule has 24 heavy (non-hydrogen) atoms. The minimum Gasteiger partial charge on any atom is -0.487 e. The molecular weight excluding hydrogens is 351 g/mol. The normalized spacial score (nSPS) is 10.3. The molecule has 0 fully saturated rings. The van der Waals surface area contributed by atoms with Gasteiger partial charge in [-0.2, -0.15) is 0 Å². The van der Waals surface area contributed by atoms with Gasteiger partial charge in [-0.25, -0.2) is 4.79 Å². The van der Waals surface area contributed by atoms with E-state index >= 15 is 0 Å². The van der Waals surface area contributed by atoms with Crippen molar-refractivity contribution in [3.8, 4) is 5.75 Å². The number of benzene rings is 2. The van der Waals surface area contributed by atoms with Crippen LogP contribution in [0.2, 0.25) is 10.0 Å². The Bertz CT molecular complexity index is 695. The molecule has 0 aliphatic carbocycles. The molecule has 0 aliphatic heterocycles. The Morgan fingerprint density at radius 1 is 1.12 bits per heavy atom. The molecule has 2 rings (SSSR count). The highest BCUT2D eigenvalue weighted by Crippen LogP contribution is 2.32. The predicted molar refractivity (Wildman–Crippen MR) is 96.1 cm³/mol. The summed E-state index contributed by atoms with van der Waals surface area (Å²) >= 11 is 12.0. The summed E-state index contributed by atoms with van der Waals surface area (Å²) in [6.45, 7) is 1.11. The van der Waals surface area contributed by atoms with Gasteiger partial charge in [0.2, 0.25) is 0 Å². The maximum Gasteiger partial charge on any atom is 0.319 e. The highest BCUT2D eigenvalue weighted by Gasteiger charge is 2.11. The first-order chi connectivity index (χ1) is 11.6. The van der Waals surface area contributed by atoms with Crippen molar-refractivity contribution in [1.82, 2.24) is 5.32 Å². The molecule has 0 saturated carbocycles. The van der Waals surface area contributed by atoms with Gasteiger partial charge in [0, 0.05) is 18.7 Å². The number of anilines is 1. The third-order valence-corrected chi connectivity index (χ3v) is 3.62. The van der Waals surface area contributed by atoms with E-state index in [0.717, 1.165) is 5.56 Å². The van der Waals surface area contributed by atoms with Crippen LogP contribution in [0.3, 0.4) is 0 Å². The van der Waals surface area contributed by atoms with Crippen LogP contribution >= 0.6 is 23.2 Å². The van der Waals surface area contributed by atoms with E-state index in [9.17, 15) is 4.79 Å². The third kappa shape index (κ3) is 5.60. The van der Waals surface area contributed by atoms with Crippen LogP contribution in [-0.2, 0) is 11.3 Å². The molecule has 0 aromatic heterocycles. The van der Waals surface area contributed by atoms with Crippen molar-refractivity contribution in [2.45, 2.75) is 6.54 Å². The highest BCUT2D eigenvalue weighted by atomic mass is 35.5. The number of urea groups is 1. The fourth-order valence-corrected chi connectivity index (χ4v) is 2.42. The van der Waals surface area contributed by atoms with Crippen LogP contribution in [0.5, 0.6) is 5.75 Å². The van der Waals surface area contributed by atoms with Crippen LogP contribution < -0.4 is 15.4 Å². The molecule has 2 amide bonds. The summed E-state index contributed by atoms with van der Waals surface area (Å²) in [6, 6.07) is 12.1. The van der Waals surface area contributed by atoms with Gasteiger partial charge < -0.3 is 20.1 Å². The quantitative estimate of drug-likeness (QED) is 0.714. The maximum absolute atomic E-state index is 12.1. The Balaban J connectivity index is 1.96. The van der Waals surface area contributed by atoms with E-state index in [1.807, 2.05) is 12.1 Å². The van der Waals surface area contributed by atoms with Gasteiger partial charge in [-0.15, -0.1) is 0 Å². The van der Waals surface area contributed by atoms with Gasteiger partial charge in [0.1, 0.15) is 6.61 Å². The molecule has 5 nitrogen and oxygen atoms in total. The zero-order valence-electron chi connectivity index (χ0n) is 13.1. The average Bonchev–Trinajstić information content (AvgIpc) is 2.56. The Labute approximate surface area is 150 Å². The summed E-state index contributed by atoms with van der Waals surface area (Å²) in [7, 11) is 1.58. The summed E-state index contributed by atoms with van der Waals surface area (Å²) in [6.07, 6.45) is 0. The molecule has 7 heteroatoms. The van der Waals surface area contributed by atoms with Crippen LogP contribution in [0, 0.1) is 0 Å². The van der Waals surface area contributed by atoms with Crippen molar-refractivity contribution in [3.05, 3.63) is 58.1 Å². The minimum atomic E-state index is -0.367. The van der Waals surface area contributed by atoms with E-state index in [1.54, 1.807) is 37.4 Å². The van der Waals surface area contributed by atoms with Gasteiger partial charge in [0.15, 0.2) is 5.75 Å². The number of nitrogens with one attached hydrogen (secondary N) is 2. The topological polar surface area (TPSA) is 59.6 Å². The zero-order chi connectivity index (χ0) is 17.4. The molecule has 2 N–H and O–H groups in total. The molecule has 128 valence electrons. The maximum atomic E-state index is 12.1. The van der Waals surface area contributed by atoms with Gasteiger partial charge in [-0.3, -0.25) is 0 Å². The number of carbonyl (C=O) groups is 1. The largest absolute Gasteiger partial charge is 0.487 e. The first-order valence-corrected chi connectivity index (χ1v) is 8.05. The second kappa shape index (κ2) is 9.37.